The first-order valence-corrected chi connectivity index (χ1v) is 6.26. The Morgan fingerprint density at radius 3 is 2.29 bits per heavy atom. The van der Waals surface area contributed by atoms with E-state index < -0.39 is 0 Å². The normalized spacial score (nSPS) is 13.3. The van der Waals surface area contributed by atoms with Crippen LogP contribution in [0.1, 0.15) is 36.6 Å². The fourth-order valence-electron chi connectivity index (χ4n) is 2.22. The van der Waals surface area contributed by atoms with E-state index in [1.807, 2.05) is 0 Å². The average Bonchev–Trinajstić information content (AvgIpc) is 2.29. The highest BCUT2D eigenvalue weighted by molar-refractivity contribution is 5.87. The molecule has 0 fully saturated rings. The maximum atomic E-state index is 6.29. The van der Waals surface area contributed by atoms with Crippen LogP contribution in [0.25, 0.3) is 10.8 Å². The minimum atomic E-state index is 0.112. The summed E-state index contributed by atoms with van der Waals surface area (Å²) in [5, 5.41) is 2.60. The van der Waals surface area contributed by atoms with Gasteiger partial charge in [-0.15, -0.1) is 0 Å². The van der Waals surface area contributed by atoms with Crippen molar-refractivity contribution in [1.82, 2.24) is 0 Å². The minimum Gasteiger partial charge on any atom is -0.324 e. The van der Waals surface area contributed by atoms with Crippen LogP contribution in [0.2, 0.25) is 0 Å². The second-order valence-corrected chi connectivity index (χ2v) is 5.27. The molecule has 2 aromatic carbocycles. The topological polar surface area (TPSA) is 26.0 Å². The Morgan fingerprint density at radius 2 is 1.65 bits per heavy atom. The number of benzene rings is 2. The molecule has 1 heteroatoms. The van der Waals surface area contributed by atoms with E-state index in [2.05, 4.69) is 58.0 Å². The summed E-state index contributed by atoms with van der Waals surface area (Å²) in [6.45, 7) is 8.66. The van der Waals surface area contributed by atoms with Gasteiger partial charge in [-0.05, 0) is 47.2 Å². The molecule has 0 aliphatic rings. The molecule has 0 spiro atoms. The van der Waals surface area contributed by atoms with Crippen LogP contribution in [0.15, 0.2) is 30.3 Å². The lowest BCUT2D eigenvalue weighted by Crippen LogP contribution is -2.17. The molecule has 0 aliphatic carbocycles. The average molecular weight is 227 g/mol. The largest absolute Gasteiger partial charge is 0.324 e. The van der Waals surface area contributed by atoms with Gasteiger partial charge >= 0.3 is 0 Å². The zero-order valence-corrected chi connectivity index (χ0v) is 11.1. The van der Waals surface area contributed by atoms with Crippen LogP contribution in [0.5, 0.6) is 0 Å². The van der Waals surface area contributed by atoms with Gasteiger partial charge in [0.05, 0.1) is 0 Å². The van der Waals surface area contributed by atoms with Crippen LogP contribution in [-0.4, -0.2) is 0 Å². The van der Waals surface area contributed by atoms with Crippen molar-refractivity contribution in [1.29, 1.82) is 0 Å². The highest BCUT2D eigenvalue weighted by atomic mass is 14.6. The third-order valence-electron chi connectivity index (χ3n) is 3.61. The second-order valence-electron chi connectivity index (χ2n) is 5.27. The van der Waals surface area contributed by atoms with Crippen LogP contribution in [0.3, 0.4) is 0 Å². The molecule has 0 bridgehead atoms. The smallest absolute Gasteiger partial charge is 0.0324 e. The number of fused-ring (bicyclic) bond motifs is 1. The lowest BCUT2D eigenvalue weighted by atomic mass is 9.91. The first-order chi connectivity index (χ1) is 8.00. The van der Waals surface area contributed by atoms with Crippen molar-refractivity contribution in [2.75, 3.05) is 0 Å². The van der Waals surface area contributed by atoms with Crippen LogP contribution < -0.4 is 5.73 Å². The predicted molar refractivity (Wildman–Crippen MR) is 75.2 cm³/mol. The van der Waals surface area contributed by atoms with Crippen LogP contribution in [-0.2, 0) is 0 Å². The standard InChI is InChI=1S/C16H21N/c1-10(2)16(17)14-7-5-6-13-8-11(3)12(4)9-15(13)14/h5-10,16H,17H2,1-4H3/t16-/m0/s1. The molecule has 1 nitrogen and oxygen atoms in total. The molecule has 0 saturated carbocycles. The van der Waals surface area contributed by atoms with Crippen molar-refractivity contribution in [3.63, 3.8) is 0 Å². The molecule has 0 aromatic heterocycles. The molecule has 90 valence electrons. The molecule has 2 aromatic rings. The summed E-state index contributed by atoms with van der Waals surface area (Å²) < 4.78 is 0. The van der Waals surface area contributed by atoms with Gasteiger partial charge in [-0.1, -0.05) is 44.2 Å². The predicted octanol–water partition coefficient (Wildman–Crippen LogP) is 4.11. The van der Waals surface area contributed by atoms with Gasteiger partial charge in [0.15, 0.2) is 0 Å². The highest BCUT2D eigenvalue weighted by Crippen LogP contribution is 2.29. The van der Waals surface area contributed by atoms with Crippen molar-refractivity contribution in [2.24, 2.45) is 11.7 Å². The van der Waals surface area contributed by atoms with Crippen LogP contribution in [0.4, 0.5) is 0 Å². The third kappa shape index (κ3) is 2.20. The Labute approximate surface area is 104 Å². The Hall–Kier alpha value is -1.34. The molecule has 2 rings (SSSR count). The molecule has 0 radical (unpaired) electrons. The van der Waals surface area contributed by atoms with Gasteiger partial charge in [-0.2, -0.15) is 0 Å². The summed E-state index contributed by atoms with van der Waals surface area (Å²) in [5.41, 5.74) is 10.2. The quantitative estimate of drug-likeness (QED) is 0.820. The number of hydrogen-bond donors (Lipinski definition) is 1. The molecule has 2 N–H and O–H groups in total. The van der Waals surface area contributed by atoms with Gasteiger partial charge in [-0.3, -0.25) is 0 Å². The number of nitrogens with two attached hydrogens (primary N) is 1. The van der Waals surface area contributed by atoms with Crippen molar-refractivity contribution >= 4 is 10.8 Å². The molecule has 1 atom stereocenters. The second kappa shape index (κ2) is 4.50. The summed E-state index contributed by atoms with van der Waals surface area (Å²) in [4.78, 5) is 0. The maximum absolute atomic E-state index is 6.29. The summed E-state index contributed by atoms with van der Waals surface area (Å²) in [7, 11) is 0. The molecular weight excluding hydrogens is 206 g/mol. The Kier molecular flexibility index (Phi) is 3.21. The summed E-state index contributed by atoms with van der Waals surface area (Å²) in [6, 6.07) is 11.1. The van der Waals surface area contributed by atoms with Gasteiger partial charge in [0.1, 0.15) is 0 Å². The van der Waals surface area contributed by atoms with E-state index in [9.17, 15) is 0 Å². The van der Waals surface area contributed by atoms with Gasteiger partial charge in [0, 0.05) is 6.04 Å². The van der Waals surface area contributed by atoms with E-state index in [-0.39, 0.29) is 6.04 Å². The number of hydrogen-bond acceptors (Lipinski definition) is 1. The minimum absolute atomic E-state index is 0.112. The first-order valence-electron chi connectivity index (χ1n) is 6.26. The highest BCUT2D eigenvalue weighted by Gasteiger charge is 2.13. The van der Waals surface area contributed by atoms with Crippen LogP contribution in [0, 0.1) is 19.8 Å². The van der Waals surface area contributed by atoms with Gasteiger partial charge in [0.2, 0.25) is 0 Å². The van der Waals surface area contributed by atoms with E-state index in [0.717, 1.165) is 0 Å². The zero-order valence-electron chi connectivity index (χ0n) is 11.1. The molecule has 0 amide bonds. The summed E-state index contributed by atoms with van der Waals surface area (Å²) in [6.07, 6.45) is 0. The first kappa shape index (κ1) is 12.1. The molecule has 0 unspecified atom stereocenters. The Bertz CT molecular complexity index is 540. The Balaban J connectivity index is 2.68. The Morgan fingerprint density at radius 1 is 1.00 bits per heavy atom. The van der Waals surface area contributed by atoms with Gasteiger partial charge in [-0.25, -0.2) is 0 Å². The van der Waals surface area contributed by atoms with E-state index in [1.165, 1.54) is 27.5 Å². The van der Waals surface area contributed by atoms with Gasteiger partial charge < -0.3 is 5.73 Å². The lowest BCUT2D eigenvalue weighted by molar-refractivity contribution is 0.517. The lowest BCUT2D eigenvalue weighted by Gasteiger charge is -2.19. The maximum Gasteiger partial charge on any atom is 0.0324 e. The fourth-order valence-corrected chi connectivity index (χ4v) is 2.22. The summed E-state index contributed by atoms with van der Waals surface area (Å²) >= 11 is 0. The summed E-state index contributed by atoms with van der Waals surface area (Å²) in [5.74, 6) is 0.460. The van der Waals surface area contributed by atoms with Crippen molar-refractivity contribution in [2.45, 2.75) is 33.7 Å². The molecule has 0 heterocycles. The fraction of sp³-hybridized carbons (Fsp3) is 0.375. The monoisotopic (exact) mass is 227 g/mol. The van der Waals surface area contributed by atoms with E-state index >= 15 is 0 Å². The van der Waals surface area contributed by atoms with Crippen LogP contribution >= 0.6 is 0 Å². The molecule has 0 aliphatic heterocycles. The third-order valence-corrected chi connectivity index (χ3v) is 3.61. The van der Waals surface area contributed by atoms with E-state index in [0.29, 0.717) is 5.92 Å². The van der Waals surface area contributed by atoms with E-state index in [4.69, 9.17) is 5.73 Å². The molecular formula is C16H21N. The van der Waals surface area contributed by atoms with Crippen molar-refractivity contribution in [3.8, 4) is 0 Å². The van der Waals surface area contributed by atoms with E-state index in [1.54, 1.807) is 0 Å². The zero-order chi connectivity index (χ0) is 12.6. The molecule has 17 heavy (non-hydrogen) atoms. The number of aryl methyl sites for hydroxylation is 2. The number of rotatable bonds is 2. The van der Waals surface area contributed by atoms with Crippen molar-refractivity contribution < 1.29 is 0 Å². The van der Waals surface area contributed by atoms with Gasteiger partial charge in [0.25, 0.3) is 0 Å². The molecule has 0 saturated heterocycles. The van der Waals surface area contributed by atoms with Crippen molar-refractivity contribution in [3.05, 3.63) is 47.0 Å². The SMILES string of the molecule is Cc1cc2cccc([C@@H](N)C(C)C)c2cc1C.